The normalized spacial score (nSPS) is 11.0. The first-order chi connectivity index (χ1) is 7.33. The fourth-order valence-corrected chi connectivity index (χ4v) is 2.45. The number of aryl methyl sites for hydroxylation is 1. The lowest BCUT2D eigenvalue weighted by Gasteiger charge is -1.99. The molecule has 74 valence electrons. The Morgan fingerprint density at radius 3 is 3.07 bits per heavy atom. The molecule has 0 saturated carbocycles. The van der Waals surface area contributed by atoms with E-state index < -0.39 is 0 Å². The molecule has 3 aromatic rings. The molecule has 2 heterocycles. The summed E-state index contributed by atoms with van der Waals surface area (Å²) in [4.78, 5) is 4.42. The van der Waals surface area contributed by atoms with Crippen LogP contribution in [0.4, 0.5) is 0 Å². The summed E-state index contributed by atoms with van der Waals surface area (Å²) in [7, 11) is 0. The molecule has 1 aromatic carbocycles. The Hall–Kier alpha value is -1.68. The lowest BCUT2D eigenvalue weighted by molar-refractivity contribution is 0.882. The molecule has 15 heavy (non-hydrogen) atoms. The molecule has 0 aliphatic heterocycles. The molecule has 0 bridgehead atoms. The van der Waals surface area contributed by atoms with E-state index in [2.05, 4.69) is 16.1 Å². The van der Waals surface area contributed by atoms with E-state index in [4.69, 9.17) is 0 Å². The van der Waals surface area contributed by atoms with E-state index in [0.29, 0.717) is 0 Å². The number of benzene rings is 1. The number of hydrogen-bond acceptors (Lipinski definition) is 3. The quantitative estimate of drug-likeness (QED) is 0.625. The van der Waals surface area contributed by atoms with Gasteiger partial charge < -0.3 is 0 Å². The molecular weight excluding hydrogens is 206 g/mol. The maximum Gasteiger partial charge on any atom is 0.0907 e. The SMILES string of the molecule is Cc1nc2ccc(-n3cccn3)cc2s1. The zero-order valence-corrected chi connectivity index (χ0v) is 9.03. The highest BCUT2D eigenvalue weighted by Crippen LogP contribution is 2.23. The van der Waals surface area contributed by atoms with Crippen molar-refractivity contribution in [1.82, 2.24) is 14.8 Å². The molecule has 0 spiro atoms. The van der Waals surface area contributed by atoms with Crippen LogP contribution in [0.1, 0.15) is 5.01 Å². The van der Waals surface area contributed by atoms with E-state index in [1.165, 1.54) is 4.70 Å². The molecule has 3 nitrogen and oxygen atoms in total. The van der Waals surface area contributed by atoms with Gasteiger partial charge in [-0.25, -0.2) is 9.67 Å². The number of rotatable bonds is 1. The fraction of sp³-hybridized carbons (Fsp3) is 0.0909. The minimum Gasteiger partial charge on any atom is -0.242 e. The largest absolute Gasteiger partial charge is 0.242 e. The van der Waals surface area contributed by atoms with Gasteiger partial charge in [0.2, 0.25) is 0 Å². The third-order valence-corrected chi connectivity index (χ3v) is 3.18. The van der Waals surface area contributed by atoms with E-state index in [9.17, 15) is 0 Å². The molecule has 0 aliphatic carbocycles. The maximum atomic E-state index is 4.42. The molecule has 0 atom stereocenters. The van der Waals surface area contributed by atoms with Crippen molar-refractivity contribution in [2.45, 2.75) is 6.92 Å². The Kier molecular flexibility index (Phi) is 1.82. The van der Waals surface area contributed by atoms with E-state index in [0.717, 1.165) is 16.2 Å². The Balaban J connectivity index is 2.21. The first-order valence-corrected chi connectivity index (χ1v) is 5.52. The third kappa shape index (κ3) is 1.43. The lowest BCUT2D eigenvalue weighted by atomic mass is 10.3. The second-order valence-corrected chi connectivity index (χ2v) is 4.57. The minimum atomic E-state index is 1.06. The second-order valence-electron chi connectivity index (χ2n) is 3.34. The van der Waals surface area contributed by atoms with Gasteiger partial charge >= 0.3 is 0 Å². The van der Waals surface area contributed by atoms with Crippen molar-refractivity contribution in [3.8, 4) is 5.69 Å². The van der Waals surface area contributed by atoms with E-state index in [1.807, 2.05) is 36.0 Å². The van der Waals surface area contributed by atoms with Gasteiger partial charge in [-0.3, -0.25) is 0 Å². The van der Waals surface area contributed by atoms with Crippen LogP contribution in [-0.2, 0) is 0 Å². The Labute approximate surface area is 91.0 Å². The minimum absolute atomic E-state index is 1.06. The summed E-state index contributed by atoms with van der Waals surface area (Å²) in [6, 6.07) is 8.11. The molecule has 0 fully saturated rings. The second kappa shape index (κ2) is 3.17. The van der Waals surface area contributed by atoms with Gasteiger partial charge in [0, 0.05) is 12.4 Å². The average Bonchev–Trinajstić information content (AvgIpc) is 2.82. The Morgan fingerprint density at radius 1 is 1.33 bits per heavy atom. The summed E-state index contributed by atoms with van der Waals surface area (Å²) in [6.45, 7) is 2.03. The standard InChI is InChI=1S/C11H9N3S/c1-8-13-10-4-3-9(7-11(10)15-8)14-6-2-5-12-14/h2-7H,1H3. The fourth-order valence-electron chi connectivity index (χ4n) is 1.59. The van der Waals surface area contributed by atoms with Gasteiger partial charge in [-0.1, -0.05) is 0 Å². The van der Waals surface area contributed by atoms with Crippen LogP contribution in [0.2, 0.25) is 0 Å². The summed E-state index contributed by atoms with van der Waals surface area (Å²) < 4.78 is 3.06. The van der Waals surface area contributed by atoms with Crippen molar-refractivity contribution in [1.29, 1.82) is 0 Å². The van der Waals surface area contributed by atoms with Crippen LogP contribution >= 0.6 is 11.3 Å². The van der Waals surface area contributed by atoms with Gasteiger partial charge in [0.1, 0.15) is 0 Å². The molecule has 2 aromatic heterocycles. The van der Waals surface area contributed by atoms with Crippen LogP contribution in [-0.4, -0.2) is 14.8 Å². The van der Waals surface area contributed by atoms with Crippen LogP contribution in [0, 0.1) is 6.92 Å². The highest BCUT2D eigenvalue weighted by atomic mass is 32.1. The van der Waals surface area contributed by atoms with Crippen LogP contribution in [0.25, 0.3) is 15.9 Å². The third-order valence-electron chi connectivity index (χ3n) is 2.25. The summed E-state index contributed by atoms with van der Waals surface area (Å²) in [5.74, 6) is 0. The van der Waals surface area contributed by atoms with Crippen LogP contribution in [0.3, 0.4) is 0 Å². The zero-order chi connectivity index (χ0) is 10.3. The van der Waals surface area contributed by atoms with Gasteiger partial charge in [0.25, 0.3) is 0 Å². The lowest BCUT2D eigenvalue weighted by Crippen LogP contribution is -1.92. The number of hydrogen-bond donors (Lipinski definition) is 0. The predicted octanol–water partition coefficient (Wildman–Crippen LogP) is 2.79. The molecule has 4 heteroatoms. The number of fused-ring (bicyclic) bond motifs is 1. The first-order valence-electron chi connectivity index (χ1n) is 4.70. The molecular formula is C11H9N3S. The molecule has 0 radical (unpaired) electrons. The molecule has 0 amide bonds. The van der Waals surface area contributed by atoms with Gasteiger partial charge in [0.05, 0.1) is 20.9 Å². The van der Waals surface area contributed by atoms with Crippen LogP contribution < -0.4 is 0 Å². The van der Waals surface area contributed by atoms with Crippen molar-refractivity contribution in [2.24, 2.45) is 0 Å². The molecule has 0 unspecified atom stereocenters. The van der Waals surface area contributed by atoms with Crippen molar-refractivity contribution in [3.63, 3.8) is 0 Å². The van der Waals surface area contributed by atoms with Crippen LogP contribution in [0.5, 0.6) is 0 Å². The van der Waals surface area contributed by atoms with Gasteiger partial charge in [-0.2, -0.15) is 5.10 Å². The summed E-state index contributed by atoms with van der Waals surface area (Å²) in [6.07, 6.45) is 3.72. The zero-order valence-electron chi connectivity index (χ0n) is 8.21. The van der Waals surface area contributed by atoms with Crippen molar-refractivity contribution in [3.05, 3.63) is 41.7 Å². The Bertz CT molecular complexity index is 595. The monoisotopic (exact) mass is 215 g/mol. The van der Waals surface area contributed by atoms with Crippen molar-refractivity contribution in [2.75, 3.05) is 0 Å². The maximum absolute atomic E-state index is 4.42. The van der Waals surface area contributed by atoms with E-state index >= 15 is 0 Å². The number of nitrogens with zero attached hydrogens (tertiary/aromatic N) is 3. The average molecular weight is 215 g/mol. The molecule has 0 N–H and O–H groups in total. The number of thiazole rings is 1. The van der Waals surface area contributed by atoms with E-state index in [1.54, 1.807) is 17.5 Å². The molecule has 3 rings (SSSR count). The first kappa shape index (κ1) is 8.61. The highest BCUT2D eigenvalue weighted by Gasteiger charge is 2.02. The smallest absolute Gasteiger partial charge is 0.0907 e. The van der Waals surface area contributed by atoms with Crippen molar-refractivity contribution >= 4 is 21.6 Å². The van der Waals surface area contributed by atoms with Crippen molar-refractivity contribution < 1.29 is 0 Å². The summed E-state index contributed by atoms with van der Waals surface area (Å²) in [5, 5.41) is 5.30. The summed E-state index contributed by atoms with van der Waals surface area (Å²) >= 11 is 1.71. The molecule has 0 aliphatic rings. The summed E-state index contributed by atoms with van der Waals surface area (Å²) in [5.41, 5.74) is 2.14. The van der Waals surface area contributed by atoms with Gasteiger partial charge in [-0.05, 0) is 31.2 Å². The van der Waals surface area contributed by atoms with Gasteiger partial charge in [-0.15, -0.1) is 11.3 Å². The van der Waals surface area contributed by atoms with Crippen LogP contribution in [0.15, 0.2) is 36.7 Å². The predicted molar refractivity (Wildman–Crippen MR) is 61.5 cm³/mol. The van der Waals surface area contributed by atoms with E-state index in [-0.39, 0.29) is 0 Å². The number of aromatic nitrogens is 3. The Morgan fingerprint density at radius 2 is 2.27 bits per heavy atom. The topological polar surface area (TPSA) is 30.7 Å². The van der Waals surface area contributed by atoms with Gasteiger partial charge in [0.15, 0.2) is 0 Å². The molecule has 0 saturated heterocycles. The highest BCUT2D eigenvalue weighted by molar-refractivity contribution is 7.18.